The summed E-state index contributed by atoms with van der Waals surface area (Å²) in [5.41, 5.74) is 1.33. The van der Waals surface area contributed by atoms with Crippen molar-refractivity contribution >= 4 is 15.7 Å². The first-order valence-electron chi connectivity index (χ1n) is 8.12. The Bertz CT molecular complexity index is 850. The fraction of sp³-hybridized carbons (Fsp3) is 0.500. The second kappa shape index (κ2) is 5.77. The van der Waals surface area contributed by atoms with Crippen LogP contribution in [0.4, 0.5) is 0 Å². The summed E-state index contributed by atoms with van der Waals surface area (Å²) in [6.45, 7) is 0.301. The van der Waals surface area contributed by atoms with E-state index in [0.717, 1.165) is 18.5 Å². The first-order valence-corrected chi connectivity index (χ1v) is 9.94. The molecule has 128 valence electrons. The van der Waals surface area contributed by atoms with Crippen molar-refractivity contribution in [3.8, 4) is 0 Å². The second-order valence-electron chi connectivity index (χ2n) is 6.49. The fourth-order valence-corrected chi connectivity index (χ4v) is 4.83. The molecule has 1 amide bonds. The summed E-state index contributed by atoms with van der Waals surface area (Å²) < 4.78 is 30.5. The number of nitrogens with zero attached hydrogens (tertiary/aromatic N) is 2. The molecule has 1 atom stereocenters. The predicted octanol–water partition coefficient (Wildman–Crippen LogP) is 1.64. The lowest BCUT2D eigenvalue weighted by Gasteiger charge is -2.12. The maximum Gasteiger partial charge on any atom is 0.272 e. The molecule has 8 heteroatoms. The Morgan fingerprint density at radius 2 is 2.21 bits per heavy atom. The van der Waals surface area contributed by atoms with Crippen molar-refractivity contribution in [3.05, 3.63) is 41.6 Å². The minimum absolute atomic E-state index is 0.113. The second-order valence-corrected chi connectivity index (χ2v) is 8.72. The van der Waals surface area contributed by atoms with Gasteiger partial charge >= 0.3 is 0 Å². The molecule has 2 aliphatic rings. The summed E-state index contributed by atoms with van der Waals surface area (Å²) in [7, 11) is -2.99. The van der Waals surface area contributed by atoms with Crippen molar-refractivity contribution in [3.63, 3.8) is 0 Å². The zero-order valence-corrected chi connectivity index (χ0v) is 14.0. The molecule has 0 radical (unpaired) electrons. The van der Waals surface area contributed by atoms with E-state index in [-0.39, 0.29) is 23.5 Å². The summed E-state index contributed by atoms with van der Waals surface area (Å²) in [5.74, 6) is 1.11. The third-order valence-electron chi connectivity index (χ3n) is 4.55. The molecule has 4 rings (SSSR count). The van der Waals surface area contributed by atoms with Crippen LogP contribution in [0, 0.1) is 0 Å². The van der Waals surface area contributed by atoms with E-state index >= 15 is 0 Å². The Hall–Kier alpha value is -2.09. The number of nitrogens with one attached hydrogen (secondary N) is 1. The third kappa shape index (κ3) is 3.10. The fourth-order valence-electron chi connectivity index (χ4n) is 3.14. The van der Waals surface area contributed by atoms with Gasteiger partial charge in [-0.25, -0.2) is 8.42 Å². The zero-order valence-electron chi connectivity index (χ0n) is 13.1. The minimum Gasteiger partial charge on any atom is -0.467 e. The SMILES string of the molecule is O=C(NCc1ccco1)c1cc(C2CC2)n(C2CCS(=O)(=O)C2)n1. The normalized spacial score (nSPS) is 22.6. The molecular weight excluding hydrogens is 330 g/mol. The van der Waals surface area contributed by atoms with Gasteiger partial charge in [-0.3, -0.25) is 9.48 Å². The molecule has 1 aliphatic carbocycles. The topological polar surface area (TPSA) is 94.2 Å². The number of rotatable bonds is 5. The molecule has 1 unspecified atom stereocenters. The van der Waals surface area contributed by atoms with Gasteiger partial charge in [0.15, 0.2) is 9.84 Å². The van der Waals surface area contributed by atoms with E-state index < -0.39 is 9.84 Å². The monoisotopic (exact) mass is 349 g/mol. The van der Waals surface area contributed by atoms with Crippen LogP contribution < -0.4 is 5.32 Å². The van der Waals surface area contributed by atoms with E-state index in [0.29, 0.717) is 30.3 Å². The highest BCUT2D eigenvalue weighted by Crippen LogP contribution is 2.42. The first kappa shape index (κ1) is 15.4. The van der Waals surface area contributed by atoms with E-state index in [1.165, 1.54) is 0 Å². The Morgan fingerprint density at radius 1 is 1.38 bits per heavy atom. The van der Waals surface area contributed by atoms with Gasteiger partial charge in [-0.2, -0.15) is 5.10 Å². The molecule has 2 aromatic heterocycles. The zero-order chi connectivity index (χ0) is 16.7. The van der Waals surface area contributed by atoms with Gasteiger partial charge in [0.2, 0.25) is 0 Å². The Morgan fingerprint density at radius 3 is 2.83 bits per heavy atom. The van der Waals surface area contributed by atoms with Gasteiger partial charge < -0.3 is 9.73 Å². The van der Waals surface area contributed by atoms with E-state index in [1.807, 2.05) is 0 Å². The number of hydrogen-bond donors (Lipinski definition) is 1. The van der Waals surface area contributed by atoms with Crippen LogP contribution >= 0.6 is 0 Å². The van der Waals surface area contributed by atoms with E-state index in [2.05, 4.69) is 10.4 Å². The van der Waals surface area contributed by atoms with Crippen molar-refractivity contribution in [2.75, 3.05) is 11.5 Å². The average molecular weight is 349 g/mol. The Kier molecular flexibility index (Phi) is 3.71. The van der Waals surface area contributed by atoms with Crippen molar-refractivity contribution < 1.29 is 17.6 Å². The molecule has 24 heavy (non-hydrogen) atoms. The quantitative estimate of drug-likeness (QED) is 0.885. The van der Waals surface area contributed by atoms with Crippen LogP contribution in [-0.2, 0) is 16.4 Å². The average Bonchev–Trinajstić information content (AvgIpc) is 2.98. The van der Waals surface area contributed by atoms with Crippen molar-refractivity contribution in [1.82, 2.24) is 15.1 Å². The number of hydrogen-bond acceptors (Lipinski definition) is 5. The molecule has 1 saturated heterocycles. The van der Waals surface area contributed by atoms with E-state index in [4.69, 9.17) is 4.42 Å². The predicted molar refractivity (Wildman–Crippen MR) is 86.4 cm³/mol. The number of carbonyl (C=O) groups is 1. The van der Waals surface area contributed by atoms with E-state index in [1.54, 1.807) is 29.1 Å². The highest BCUT2D eigenvalue weighted by molar-refractivity contribution is 7.91. The third-order valence-corrected chi connectivity index (χ3v) is 6.30. The van der Waals surface area contributed by atoms with Gasteiger partial charge in [0.1, 0.15) is 11.5 Å². The van der Waals surface area contributed by atoms with Gasteiger partial charge in [0, 0.05) is 11.6 Å². The highest BCUT2D eigenvalue weighted by Gasteiger charge is 2.36. The standard InChI is InChI=1S/C16H19N3O4S/c20-16(17-9-13-2-1-6-23-13)14-8-15(11-3-4-11)19(18-14)12-5-7-24(21,22)10-12/h1-2,6,8,11-12H,3-5,7,9-10H2,(H,17,20). The maximum atomic E-state index is 12.3. The van der Waals surface area contributed by atoms with Gasteiger partial charge in [0.05, 0.1) is 30.4 Å². The molecule has 2 fully saturated rings. The molecule has 0 aromatic carbocycles. The van der Waals surface area contributed by atoms with Gasteiger partial charge in [-0.05, 0) is 37.5 Å². The molecule has 3 heterocycles. The molecule has 7 nitrogen and oxygen atoms in total. The van der Waals surface area contributed by atoms with Crippen LogP contribution in [-0.4, -0.2) is 35.6 Å². The molecule has 1 N–H and O–H groups in total. The van der Waals surface area contributed by atoms with Gasteiger partial charge in [-0.15, -0.1) is 0 Å². The molecular formula is C16H19N3O4S. The lowest BCUT2D eigenvalue weighted by atomic mass is 10.2. The van der Waals surface area contributed by atoms with Crippen molar-refractivity contribution in [2.24, 2.45) is 0 Å². The molecule has 1 saturated carbocycles. The number of carbonyl (C=O) groups excluding carboxylic acids is 1. The van der Waals surface area contributed by atoms with Crippen LogP contribution in [0.3, 0.4) is 0 Å². The summed E-state index contributed by atoms with van der Waals surface area (Å²) in [5, 5.41) is 7.21. The summed E-state index contributed by atoms with van der Waals surface area (Å²) in [4.78, 5) is 12.3. The van der Waals surface area contributed by atoms with Crippen LogP contribution in [0.1, 0.15) is 53.2 Å². The minimum atomic E-state index is -2.99. The smallest absolute Gasteiger partial charge is 0.272 e. The van der Waals surface area contributed by atoms with Crippen LogP contribution in [0.15, 0.2) is 28.9 Å². The summed E-state index contributed by atoms with van der Waals surface area (Å²) >= 11 is 0. The molecule has 0 bridgehead atoms. The van der Waals surface area contributed by atoms with Gasteiger partial charge in [-0.1, -0.05) is 0 Å². The summed E-state index contributed by atoms with van der Waals surface area (Å²) in [6.07, 6.45) is 4.26. The Labute approximate surface area is 139 Å². The molecule has 1 aliphatic heterocycles. The van der Waals surface area contributed by atoms with Crippen molar-refractivity contribution in [2.45, 2.75) is 37.8 Å². The summed E-state index contributed by atoms with van der Waals surface area (Å²) in [6, 6.07) is 5.21. The van der Waals surface area contributed by atoms with Crippen LogP contribution in [0.5, 0.6) is 0 Å². The number of amides is 1. The lowest BCUT2D eigenvalue weighted by Crippen LogP contribution is -2.23. The highest BCUT2D eigenvalue weighted by atomic mass is 32.2. The molecule has 2 aromatic rings. The number of aromatic nitrogens is 2. The maximum absolute atomic E-state index is 12.3. The largest absolute Gasteiger partial charge is 0.467 e. The van der Waals surface area contributed by atoms with E-state index in [9.17, 15) is 13.2 Å². The first-order chi connectivity index (χ1) is 11.5. The number of sulfone groups is 1. The van der Waals surface area contributed by atoms with Crippen molar-refractivity contribution in [1.29, 1.82) is 0 Å². The molecule has 0 spiro atoms. The number of furan rings is 1. The van der Waals surface area contributed by atoms with Crippen LogP contribution in [0.2, 0.25) is 0 Å². The van der Waals surface area contributed by atoms with Crippen LogP contribution in [0.25, 0.3) is 0 Å². The Balaban J connectivity index is 1.53. The van der Waals surface area contributed by atoms with Gasteiger partial charge in [0.25, 0.3) is 5.91 Å². The lowest BCUT2D eigenvalue weighted by molar-refractivity contribution is 0.0942.